The Morgan fingerprint density at radius 3 is 2.05 bits per heavy atom. The summed E-state index contributed by atoms with van der Waals surface area (Å²) in [5, 5.41) is 12.8. The summed E-state index contributed by atoms with van der Waals surface area (Å²) in [6.45, 7) is 4.05. The second-order valence-electron chi connectivity index (χ2n) is 4.50. The van der Waals surface area contributed by atoms with Crippen LogP contribution >= 0.6 is 0 Å². The highest BCUT2D eigenvalue weighted by molar-refractivity contribution is 7.89. The van der Waals surface area contributed by atoms with E-state index in [1.54, 1.807) is 24.3 Å². The van der Waals surface area contributed by atoms with Crippen molar-refractivity contribution in [1.82, 2.24) is 4.72 Å². The Morgan fingerprint density at radius 1 is 1.16 bits per heavy atom. The first kappa shape index (κ1) is 15.9. The van der Waals surface area contributed by atoms with Gasteiger partial charge in [-0.1, -0.05) is 13.8 Å². The van der Waals surface area contributed by atoms with Crippen LogP contribution in [0.1, 0.15) is 26.7 Å². The summed E-state index contributed by atoms with van der Waals surface area (Å²) >= 11 is 0. The van der Waals surface area contributed by atoms with E-state index >= 15 is 0 Å². The van der Waals surface area contributed by atoms with Gasteiger partial charge in [0.15, 0.2) is 0 Å². The molecule has 0 heterocycles. The number of aliphatic hydroxyl groups excluding tert-OH is 1. The highest BCUT2D eigenvalue weighted by Gasteiger charge is 2.24. The van der Waals surface area contributed by atoms with Gasteiger partial charge < -0.3 is 10.4 Å². The number of nitrogens with one attached hydrogen (secondary N) is 2. The maximum absolute atomic E-state index is 11.6. The van der Waals surface area contributed by atoms with Gasteiger partial charge in [0, 0.05) is 5.69 Å². The second-order valence-corrected chi connectivity index (χ2v) is 6.39. The molecule has 0 aromatic heterocycles. The van der Waals surface area contributed by atoms with Crippen molar-refractivity contribution in [2.24, 2.45) is 0 Å². The van der Waals surface area contributed by atoms with Crippen molar-refractivity contribution in [3.63, 3.8) is 0 Å². The summed E-state index contributed by atoms with van der Waals surface area (Å²) in [7, 11) is -2.02. The van der Waals surface area contributed by atoms with Gasteiger partial charge in [0.1, 0.15) is 0 Å². The minimum Gasteiger partial charge on any atom is -0.394 e. The molecular weight excluding hydrogens is 264 g/mol. The largest absolute Gasteiger partial charge is 0.394 e. The fourth-order valence-corrected chi connectivity index (χ4v) is 2.56. The molecule has 0 radical (unpaired) electrons. The summed E-state index contributed by atoms with van der Waals surface area (Å²) in [6.07, 6.45) is 1.58. The van der Waals surface area contributed by atoms with Gasteiger partial charge in [-0.3, -0.25) is 0 Å². The van der Waals surface area contributed by atoms with Crippen molar-refractivity contribution in [2.75, 3.05) is 19.0 Å². The summed E-state index contributed by atoms with van der Waals surface area (Å²) in [5.74, 6) is 0. The molecule has 0 aliphatic heterocycles. The van der Waals surface area contributed by atoms with Crippen LogP contribution in [-0.2, 0) is 10.0 Å². The van der Waals surface area contributed by atoms with E-state index in [0.717, 1.165) is 18.5 Å². The molecule has 0 saturated heterocycles. The van der Waals surface area contributed by atoms with Crippen molar-refractivity contribution in [2.45, 2.75) is 37.1 Å². The number of benzene rings is 1. The summed E-state index contributed by atoms with van der Waals surface area (Å²) < 4.78 is 25.5. The van der Waals surface area contributed by atoms with Crippen LogP contribution in [0.25, 0.3) is 0 Å². The lowest BCUT2D eigenvalue weighted by Crippen LogP contribution is -2.40. The van der Waals surface area contributed by atoms with Gasteiger partial charge in [-0.2, -0.15) is 0 Å². The van der Waals surface area contributed by atoms with E-state index < -0.39 is 10.0 Å². The van der Waals surface area contributed by atoms with E-state index in [2.05, 4.69) is 10.0 Å². The van der Waals surface area contributed by atoms with Crippen LogP contribution in [0.4, 0.5) is 5.69 Å². The number of hydrogen-bond donors (Lipinski definition) is 3. The fraction of sp³-hybridized carbons (Fsp3) is 0.538. The molecule has 5 nitrogen and oxygen atoms in total. The Labute approximate surface area is 115 Å². The second kappa shape index (κ2) is 6.36. The van der Waals surface area contributed by atoms with Crippen LogP contribution in [-0.4, -0.2) is 32.7 Å². The van der Waals surface area contributed by atoms with E-state index in [1.807, 2.05) is 13.8 Å². The molecule has 19 heavy (non-hydrogen) atoms. The SMILES string of the molecule is CCC(CC)(CO)Nc1ccc(S(=O)(=O)NC)cc1. The van der Waals surface area contributed by atoms with Crippen molar-refractivity contribution in [1.29, 1.82) is 0 Å². The fourth-order valence-electron chi connectivity index (χ4n) is 1.83. The van der Waals surface area contributed by atoms with Crippen molar-refractivity contribution in [3.05, 3.63) is 24.3 Å². The van der Waals surface area contributed by atoms with Crippen LogP contribution in [0.2, 0.25) is 0 Å². The Morgan fingerprint density at radius 2 is 1.68 bits per heavy atom. The average molecular weight is 286 g/mol. The van der Waals surface area contributed by atoms with E-state index in [9.17, 15) is 13.5 Å². The number of anilines is 1. The van der Waals surface area contributed by atoms with Crippen molar-refractivity contribution < 1.29 is 13.5 Å². The van der Waals surface area contributed by atoms with E-state index in [0.29, 0.717) is 0 Å². The van der Waals surface area contributed by atoms with E-state index in [-0.39, 0.29) is 17.0 Å². The first-order valence-corrected chi connectivity index (χ1v) is 7.84. The maximum Gasteiger partial charge on any atom is 0.240 e. The molecule has 1 rings (SSSR count). The lowest BCUT2D eigenvalue weighted by molar-refractivity contribution is 0.202. The Kier molecular flexibility index (Phi) is 5.34. The average Bonchev–Trinajstić information content (AvgIpc) is 2.45. The zero-order valence-corrected chi connectivity index (χ0v) is 12.4. The van der Waals surface area contributed by atoms with Crippen molar-refractivity contribution >= 4 is 15.7 Å². The molecule has 108 valence electrons. The zero-order chi connectivity index (χ0) is 14.5. The lowest BCUT2D eigenvalue weighted by atomic mass is 9.93. The summed E-state index contributed by atoms with van der Waals surface area (Å²) in [6, 6.07) is 6.50. The molecular formula is C13H22N2O3S. The molecule has 6 heteroatoms. The van der Waals surface area contributed by atoms with Crippen LogP contribution in [0.3, 0.4) is 0 Å². The highest BCUT2D eigenvalue weighted by atomic mass is 32.2. The van der Waals surface area contributed by atoms with E-state index in [4.69, 9.17) is 0 Å². The van der Waals surface area contributed by atoms with Crippen LogP contribution in [0, 0.1) is 0 Å². The molecule has 0 spiro atoms. The molecule has 3 N–H and O–H groups in total. The van der Waals surface area contributed by atoms with Gasteiger partial charge in [0.25, 0.3) is 0 Å². The standard InChI is InChI=1S/C13H22N2O3S/c1-4-13(5-2,10-16)15-11-6-8-12(9-7-11)19(17,18)14-3/h6-9,14-16H,4-5,10H2,1-3H3. The molecule has 0 bridgehead atoms. The quantitative estimate of drug-likeness (QED) is 0.711. The summed E-state index contributed by atoms with van der Waals surface area (Å²) in [5.41, 5.74) is 0.441. The van der Waals surface area contributed by atoms with Gasteiger partial charge >= 0.3 is 0 Å². The molecule has 0 aliphatic carbocycles. The first-order valence-electron chi connectivity index (χ1n) is 6.35. The first-order chi connectivity index (χ1) is 8.93. The Bertz CT molecular complexity index is 485. The third kappa shape index (κ3) is 3.68. The Hall–Kier alpha value is -1.11. The van der Waals surface area contributed by atoms with Gasteiger partial charge in [-0.05, 0) is 44.2 Å². The number of sulfonamides is 1. The predicted molar refractivity (Wildman–Crippen MR) is 76.7 cm³/mol. The maximum atomic E-state index is 11.6. The number of rotatable bonds is 7. The molecule has 0 aliphatic rings. The third-order valence-corrected chi connectivity index (χ3v) is 4.93. The lowest BCUT2D eigenvalue weighted by Gasteiger charge is -2.32. The van der Waals surface area contributed by atoms with Crippen LogP contribution in [0.15, 0.2) is 29.2 Å². The monoisotopic (exact) mass is 286 g/mol. The minimum atomic E-state index is -3.40. The molecule has 0 saturated carbocycles. The molecule has 1 aromatic carbocycles. The van der Waals surface area contributed by atoms with Gasteiger partial charge in [0.2, 0.25) is 10.0 Å². The third-order valence-electron chi connectivity index (χ3n) is 3.50. The number of aliphatic hydroxyl groups is 1. The molecule has 0 fully saturated rings. The minimum absolute atomic E-state index is 0.0383. The molecule has 0 amide bonds. The smallest absolute Gasteiger partial charge is 0.240 e. The van der Waals surface area contributed by atoms with Crippen LogP contribution < -0.4 is 10.0 Å². The zero-order valence-electron chi connectivity index (χ0n) is 11.6. The van der Waals surface area contributed by atoms with Gasteiger partial charge in [-0.25, -0.2) is 13.1 Å². The predicted octanol–water partition coefficient (Wildman–Crippen LogP) is 1.56. The number of hydrogen-bond acceptors (Lipinski definition) is 4. The molecule has 1 aromatic rings. The Balaban J connectivity index is 2.94. The summed E-state index contributed by atoms with van der Waals surface area (Å²) in [4.78, 5) is 0.225. The van der Waals surface area contributed by atoms with Gasteiger partial charge in [-0.15, -0.1) is 0 Å². The van der Waals surface area contributed by atoms with Crippen LogP contribution in [0.5, 0.6) is 0 Å². The van der Waals surface area contributed by atoms with Crippen molar-refractivity contribution in [3.8, 4) is 0 Å². The van der Waals surface area contributed by atoms with Gasteiger partial charge in [0.05, 0.1) is 17.0 Å². The van der Waals surface area contributed by atoms with E-state index in [1.165, 1.54) is 7.05 Å². The topological polar surface area (TPSA) is 78.4 Å². The molecule has 0 atom stereocenters. The normalized spacial score (nSPS) is 12.4. The highest BCUT2D eigenvalue weighted by Crippen LogP contribution is 2.23. The molecule has 0 unspecified atom stereocenters.